The SMILES string of the molecule is COc1cc2c(Oc3ccc(Cl)c(NS(=O)(=O)c4cc(Cl)ccc4Cl)c3)ccnc2cc1OCCCN1CCC(C)CC1. The average Bonchev–Trinajstić information content (AvgIpc) is 2.98. The smallest absolute Gasteiger partial charge is 0.263 e. The number of sulfonamides is 1. The van der Waals surface area contributed by atoms with Crippen molar-refractivity contribution in [3.63, 3.8) is 0 Å². The maximum absolute atomic E-state index is 13.1. The van der Waals surface area contributed by atoms with Crippen molar-refractivity contribution < 1.29 is 22.6 Å². The van der Waals surface area contributed by atoms with Crippen LogP contribution in [0.25, 0.3) is 10.9 Å². The van der Waals surface area contributed by atoms with E-state index in [1.807, 2.05) is 12.1 Å². The molecule has 1 fully saturated rings. The van der Waals surface area contributed by atoms with Crippen LogP contribution in [0.2, 0.25) is 15.1 Å². The largest absolute Gasteiger partial charge is 0.493 e. The van der Waals surface area contributed by atoms with E-state index in [0.717, 1.165) is 32.0 Å². The van der Waals surface area contributed by atoms with Crippen LogP contribution in [0.4, 0.5) is 5.69 Å². The summed E-state index contributed by atoms with van der Waals surface area (Å²) in [6, 6.07) is 14.2. The number of aromatic nitrogens is 1. The fraction of sp³-hybridized carbons (Fsp3) is 0.323. The van der Waals surface area contributed by atoms with Gasteiger partial charge in [0, 0.05) is 35.3 Å². The Morgan fingerprint density at radius 1 is 0.953 bits per heavy atom. The van der Waals surface area contributed by atoms with Gasteiger partial charge in [0.1, 0.15) is 16.4 Å². The van der Waals surface area contributed by atoms with Crippen LogP contribution >= 0.6 is 34.8 Å². The summed E-state index contributed by atoms with van der Waals surface area (Å²) < 4.78 is 46.5. The number of fused-ring (bicyclic) bond motifs is 1. The molecular weight excluding hydrogens is 633 g/mol. The molecule has 1 saturated heterocycles. The lowest BCUT2D eigenvalue weighted by atomic mass is 9.99. The number of likely N-dealkylation sites (tertiary alicyclic amines) is 1. The predicted octanol–water partition coefficient (Wildman–Crippen LogP) is 8.30. The molecule has 0 saturated carbocycles. The standard InChI is InChI=1S/C31H32Cl3N3O5S/c1-20-9-13-37(14-10-20)12-3-15-41-30-19-26-23(18-29(30)40-2)28(8-11-35-26)42-22-5-7-24(33)27(17-22)36-43(38,39)31-16-21(32)4-6-25(31)34/h4-8,11,16-20,36H,3,9-10,12-15H2,1-2H3. The molecule has 0 bridgehead atoms. The van der Waals surface area contributed by atoms with Crippen molar-refractivity contribution in [1.82, 2.24) is 9.88 Å². The first-order valence-corrected chi connectivity index (χ1v) is 16.5. The molecule has 1 aromatic heterocycles. The quantitative estimate of drug-likeness (QED) is 0.161. The van der Waals surface area contributed by atoms with Gasteiger partial charge in [0.25, 0.3) is 10.0 Å². The number of hydrogen-bond acceptors (Lipinski definition) is 7. The Kier molecular flexibility index (Phi) is 10.1. The van der Waals surface area contributed by atoms with Crippen LogP contribution in [0, 0.1) is 5.92 Å². The van der Waals surface area contributed by atoms with Crippen LogP contribution in [0.15, 0.2) is 65.7 Å². The Morgan fingerprint density at radius 2 is 1.72 bits per heavy atom. The number of nitrogens with one attached hydrogen (secondary N) is 1. The van der Waals surface area contributed by atoms with E-state index < -0.39 is 10.0 Å². The lowest BCUT2D eigenvalue weighted by molar-refractivity contribution is 0.176. The number of rotatable bonds is 11. The molecule has 1 aliphatic heterocycles. The number of halogens is 3. The molecule has 1 N–H and O–H groups in total. The van der Waals surface area contributed by atoms with E-state index in [1.165, 1.54) is 43.2 Å². The van der Waals surface area contributed by atoms with E-state index >= 15 is 0 Å². The number of piperidine rings is 1. The highest BCUT2D eigenvalue weighted by molar-refractivity contribution is 7.92. The molecule has 0 unspecified atom stereocenters. The molecule has 0 radical (unpaired) electrons. The zero-order valence-electron chi connectivity index (χ0n) is 23.8. The number of methoxy groups -OCH3 is 1. The van der Waals surface area contributed by atoms with Gasteiger partial charge in [-0.05, 0) is 80.7 Å². The third-order valence-electron chi connectivity index (χ3n) is 7.33. The van der Waals surface area contributed by atoms with Gasteiger partial charge in [0.05, 0.1) is 35.0 Å². The molecule has 4 aromatic rings. The second kappa shape index (κ2) is 13.8. The monoisotopic (exact) mass is 663 g/mol. The van der Waals surface area contributed by atoms with E-state index in [9.17, 15) is 8.42 Å². The maximum atomic E-state index is 13.1. The van der Waals surface area contributed by atoms with Crippen LogP contribution in [0.3, 0.4) is 0 Å². The molecule has 228 valence electrons. The Hall–Kier alpha value is -2.95. The number of ether oxygens (including phenoxy) is 3. The summed E-state index contributed by atoms with van der Waals surface area (Å²) in [5, 5.41) is 1.12. The summed E-state index contributed by atoms with van der Waals surface area (Å²) in [6.45, 7) is 6.17. The molecule has 0 atom stereocenters. The van der Waals surface area contributed by atoms with Gasteiger partial charge in [-0.15, -0.1) is 0 Å². The van der Waals surface area contributed by atoms with Gasteiger partial charge in [-0.25, -0.2) is 8.42 Å². The lowest BCUT2D eigenvalue weighted by Gasteiger charge is -2.30. The Labute approximate surface area is 266 Å². The first-order chi connectivity index (χ1) is 20.6. The molecule has 0 aliphatic carbocycles. The number of hydrogen-bond donors (Lipinski definition) is 1. The number of anilines is 1. The summed E-state index contributed by atoms with van der Waals surface area (Å²) >= 11 is 18.5. The number of pyridine rings is 1. The van der Waals surface area contributed by atoms with Crippen molar-refractivity contribution in [2.45, 2.75) is 31.1 Å². The minimum Gasteiger partial charge on any atom is -0.493 e. The van der Waals surface area contributed by atoms with E-state index in [0.29, 0.717) is 40.5 Å². The minimum absolute atomic E-state index is 0.0256. The van der Waals surface area contributed by atoms with Gasteiger partial charge in [0.15, 0.2) is 11.5 Å². The summed E-state index contributed by atoms with van der Waals surface area (Å²) in [6.07, 6.45) is 5.05. The van der Waals surface area contributed by atoms with Crippen molar-refractivity contribution in [3.05, 3.63) is 75.9 Å². The molecule has 8 nitrogen and oxygen atoms in total. The highest BCUT2D eigenvalue weighted by Crippen LogP contribution is 2.39. The Morgan fingerprint density at radius 3 is 2.49 bits per heavy atom. The molecule has 2 heterocycles. The Bertz CT molecular complexity index is 1710. The average molecular weight is 665 g/mol. The summed E-state index contributed by atoms with van der Waals surface area (Å²) in [7, 11) is -2.51. The second-order valence-corrected chi connectivity index (χ2v) is 13.4. The third-order valence-corrected chi connectivity index (χ3v) is 9.74. The van der Waals surface area contributed by atoms with Crippen molar-refractivity contribution >= 4 is 61.4 Å². The third kappa shape index (κ3) is 7.77. The van der Waals surface area contributed by atoms with Crippen molar-refractivity contribution in [2.75, 3.05) is 38.1 Å². The lowest BCUT2D eigenvalue weighted by Crippen LogP contribution is -2.34. The van der Waals surface area contributed by atoms with Crippen molar-refractivity contribution in [2.24, 2.45) is 5.92 Å². The second-order valence-electron chi connectivity index (χ2n) is 10.5. The first kappa shape index (κ1) is 31.5. The first-order valence-electron chi connectivity index (χ1n) is 13.9. The predicted molar refractivity (Wildman–Crippen MR) is 172 cm³/mol. The molecule has 5 rings (SSSR count). The zero-order valence-corrected chi connectivity index (χ0v) is 26.9. The summed E-state index contributed by atoms with van der Waals surface area (Å²) in [5.41, 5.74) is 0.768. The summed E-state index contributed by atoms with van der Waals surface area (Å²) in [4.78, 5) is 6.82. The van der Waals surface area contributed by atoms with Gasteiger partial charge >= 0.3 is 0 Å². The zero-order chi connectivity index (χ0) is 30.6. The number of benzene rings is 3. The highest BCUT2D eigenvalue weighted by Gasteiger charge is 2.21. The van der Waals surface area contributed by atoms with Crippen LogP contribution < -0.4 is 18.9 Å². The van der Waals surface area contributed by atoms with Gasteiger partial charge < -0.3 is 19.1 Å². The van der Waals surface area contributed by atoms with Gasteiger partial charge in [-0.3, -0.25) is 9.71 Å². The van der Waals surface area contributed by atoms with Crippen molar-refractivity contribution in [3.8, 4) is 23.0 Å². The van der Waals surface area contributed by atoms with E-state index in [-0.39, 0.29) is 25.7 Å². The highest BCUT2D eigenvalue weighted by atomic mass is 35.5. The van der Waals surface area contributed by atoms with Gasteiger partial charge in [-0.1, -0.05) is 41.7 Å². The van der Waals surface area contributed by atoms with E-state index in [4.69, 9.17) is 49.0 Å². The molecule has 0 amide bonds. The van der Waals surface area contributed by atoms with Gasteiger partial charge in [-0.2, -0.15) is 0 Å². The molecule has 0 spiro atoms. The van der Waals surface area contributed by atoms with Crippen LogP contribution in [0.5, 0.6) is 23.0 Å². The maximum Gasteiger partial charge on any atom is 0.263 e. The number of nitrogens with zero attached hydrogens (tertiary/aromatic N) is 2. The Balaban J connectivity index is 1.32. The van der Waals surface area contributed by atoms with Crippen molar-refractivity contribution in [1.29, 1.82) is 0 Å². The van der Waals surface area contributed by atoms with E-state index in [2.05, 4.69) is 21.5 Å². The van der Waals surface area contributed by atoms with Gasteiger partial charge in [0.2, 0.25) is 0 Å². The fourth-order valence-corrected chi connectivity index (χ4v) is 6.96. The van der Waals surface area contributed by atoms with Crippen LogP contribution in [0.1, 0.15) is 26.2 Å². The van der Waals surface area contributed by atoms with E-state index in [1.54, 1.807) is 25.4 Å². The fourth-order valence-electron chi connectivity index (χ4n) is 4.90. The normalized spacial score (nSPS) is 14.5. The van der Waals surface area contributed by atoms with Crippen LogP contribution in [-0.4, -0.2) is 51.7 Å². The topological polar surface area (TPSA) is 90.0 Å². The molecule has 1 aliphatic rings. The minimum atomic E-state index is -4.10. The molecule has 3 aromatic carbocycles. The molecular formula is C31H32Cl3N3O5S. The van der Waals surface area contributed by atoms with Crippen LogP contribution in [-0.2, 0) is 10.0 Å². The molecule has 43 heavy (non-hydrogen) atoms. The molecule has 12 heteroatoms. The summed E-state index contributed by atoms with van der Waals surface area (Å²) in [5.74, 6) is 2.81.